The highest BCUT2D eigenvalue weighted by Gasteiger charge is 2.49. The van der Waals surface area contributed by atoms with Gasteiger partial charge in [0.15, 0.2) is 0 Å². The van der Waals surface area contributed by atoms with Gasteiger partial charge in [-0.15, -0.1) is 0 Å². The van der Waals surface area contributed by atoms with E-state index in [1.807, 2.05) is 11.8 Å². The number of carboxylic acid groups (broad SMARTS) is 1. The average molecular weight is 298 g/mol. The first-order valence-electron chi connectivity index (χ1n) is 7.81. The normalized spacial score (nSPS) is 30.1. The largest absolute Gasteiger partial charge is 0.480 e. The van der Waals surface area contributed by atoms with E-state index in [0.717, 1.165) is 32.2 Å². The lowest BCUT2D eigenvalue weighted by molar-refractivity contribution is -0.145. The number of amides is 1. The number of ether oxygens (including phenoxy) is 1. The molecule has 0 spiro atoms. The Hall–Kier alpha value is -1.14. The Kier molecular flexibility index (Phi) is 5.58. The molecule has 1 heterocycles. The second kappa shape index (κ2) is 7.22. The lowest BCUT2D eigenvalue weighted by Crippen LogP contribution is -2.51. The predicted molar refractivity (Wildman–Crippen MR) is 77.9 cm³/mol. The monoisotopic (exact) mass is 298 g/mol. The molecule has 0 aromatic carbocycles. The number of methoxy groups -OCH3 is 1. The first kappa shape index (κ1) is 16.2. The Bertz CT molecular complexity index is 388. The summed E-state index contributed by atoms with van der Waals surface area (Å²) in [5.41, 5.74) is 0. The molecule has 1 saturated heterocycles. The fourth-order valence-electron chi connectivity index (χ4n) is 3.79. The van der Waals surface area contributed by atoms with E-state index in [1.165, 1.54) is 0 Å². The molecule has 1 amide bonds. The molecule has 0 bridgehead atoms. The van der Waals surface area contributed by atoms with Crippen LogP contribution in [-0.4, -0.2) is 60.8 Å². The van der Waals surface area contributed by atoms with Gasteiger partial charge in [-0.05, 0) is 38.0 Å². The fourth-order valence-corrected chi connectivity index (χ4v) is 3.79. The summed E-state index contributed by atoms with van der Waals surface area (Å²) < 4.78 is 4.94. The lowest BCUT2D eigenvalue weighted by atomic mass is 9.94. The standard InChI is InChI=1S/C15H26N2O4/c1-10(14(18)16-7-4-8-21-2)17-9-11-5-3-6-12(11)13(17)15(19)20/h10-13H,3-9H2,1-2H3,(H,16,18)(H,19,20). The number of nitrogens with zero attached hydrogens (tertiary/aromatic N) is 1. The van der Waals surface area contributed by atoms with E-state index in [4.69, 9.17) is 4.74 Å². The second-order valence-electron chi connectivity index (χ2n) is 6.15. The van der Waals surface area contributed by atoms with Crippen molar-refractivity contribution in [2.75, 3.05) is 26.8 Å². The van der Waals surface area contributed by atoms with Crippen LogP contribution in [0.2, 0.25) is 0 Å². The van der Waals surface area contributed by atoms with Gasteiger partial charge in [0.2, 0.25) is 5.91 Å². The summed E-state index contributed by atoms with van der Waals surface area (Å²) in [4.78, 5) is 25.7. The van der Waals surface area contributed by atoms with Crippen LogP contribution in [0.3, 0.4) is 0 Å². The van der Waals surface area contributed by atoms with Gasteiger partial charge in [0.25, 0.3) is 0 Å². The molecule has 6 heteroatoms. The van der Waals surface area contributed by atoms with Crippen molar-refractivity contribution in [3.8, 4) is 0 Å². The van der Waals surface area contributed by atoms with Gasteiger partial charge in [0.05, 0.1) is 6.04 Å². The first-order chi connectivity index (χ1) is 10.1. The maximum absolute atomic E-state index is 12.2. The zero-order valence-electron chi connectivity index (χ0n) is 12.9. The zero-order chi connectivity index (χ0) is 15.4. The summed E-state index contributed by atoms with van der Waals surface area (Å²) in [6.07, 6.45) is 3.94. The number of likely N-dealkylation sites (tertiary alicyclic amines) is 1. The Labute approximate surface area is 125 Å². The smallest absolute Gasteiger partial charge is 0.321 e. The molecule has 2 fully saturated rings. The van der Waals surface area contributed by atoms with Crippen LogP contribution in [0.1, 0.15) is 32.6 Å². The van der Waals surface area contributed by atoms with Crippen molar-refractivity contribution in [1.29, 1.82) is 0 Å². The molecule has 1 saturated carbocycles. The topological polar surface area (TPSA) is 78.9 Å². The number of aliphatic carboxylic acids is 1. The number of hydrogen-bond acceptors (Lipinski definition) is 4. The van der Waals surface area contributed by atoms with Crippen molar-refractivity contribution >= 4 is 11.9 Å². The van der Waals surface area contributed by atoms with E-state index in [1.54, 1.807) is 7.11 Å². The highest BCUT2D eigenvalue weighted by molar-refractivity contribution is 5.83. The van der Waals surface area contributed by atoms with E-state index in [0.29, 0.717) is 19.1 Å². The van der Waals surface area contributed by atoms with Crippen LogP contribution in [0.25, 0.3) is 0 Å². The quantitative estimate of drug-likeness (QED) is 0.677. The minimum atomic E-state index is -0.788. The minimum Gasteiger partial charge on any atom is -0.480 e. The van der Waals surface area contributed by atoms with Crippen molar-refractivity contribution in [3.63, 3.8) is 0 Å². The Morgan fingerprint density at radius 3 is 2.86 bits per heavy atom. The third kappa shape index (κ3) is 3.55. The summed E-state index contributed by atoms with van der Waals surface area (Å²) in [6.45, 7) is 3.71. The van der Waals surface area contributed by atoms with E-state index >= 15 is 0 Å². The Morgan fingerprint density at radius 1 is 1.43 bits per heavy atom. The van der Waals surface area contributed by atoms with Gasteiger partial charge >= 0.3 is 5.97 Å². The highest BCUT2D eigenvalue weighted by atomic mass is 16.5. The predicted octanol–water partition coefficient (Wildman–Crippen LogP) is 0.713. The first-order valence-corrected chi connectivity index (χ1v) is 7.81. The van der Waals surface area contributed by atoms with Gasteiger partial charge in [0, 0.05) is 26.8 Å². The van der Waals surface area contributed by atoms with E-state index in [2.05, 4.69) is 5.32 Å². The van der Waals surface area contributed by atoms with Crippen molar-refractivity contribution in [1.82, 2.24) is 10.2 Å². The minimum absolute atomic E-state index is 0.0858. The van der Waals surface area contributed by atoms with Crippen LogP contribution in [0.4, 0.5) is 0 Å². The van der Waals surface area contributed by atoms with Gasteiger partial charge in [0.1, 0.15) is 6.04 Å². The number of carboxylic acids is 1. The highest BCUT2D eigenvalue weighted by Crippen LogP contribution is 2.42. The molecule has 6 nitrogen and oxygen atoms in total. The number of nitrogens with one attached hydrogen (secondary N) is 1. The maximum atomic E-state index is 12.2. The van der Waals surface area contributed by atoms with Crippen LogP contribution in [0, 0.1) is 11.8 Å². The number of rotatable bonds is 7. The summed E-state index contributed by atoms with van der Waals surface area (Å²) >= 11 is 0. The number of fused-ring (bicyclic) bond motifs is 1. The molecule has 1 aliphatic heterocycles. The third-order valence-corrected chi connectivity index (χ3v) is 4.88. The molecule has 2 rings (SSSR count). The molecule has 2 N–H and O–H groups in total. The molecule has 4 unspecified atom stereocenters. The van der Waals surface area contributed by atoms with Gasteiger partial charge in [-0.25, -0.2) is 0 Å². The van der Waals surface area contributed by atoms with E-state index < -0.39 is 12.0 Å². The molecule has 2 aliphatic rings. The lowest BCUT2D eigenvalue weighted by Gasteiger charge is -2.29. The van der Waals surface area contributed by atoms with Gasteiger partial charge in [-0.3, -0.25) is 14.5 Å². The summed E-state index contributed by atoms with van der Waals surface area (Å²) in [6, 6.07) is -0.892. The molecule has 0 radical (unpaired) electrons. The van der Waals surface area contributed by atoms with E-state index in [-0.39, 0.29) is 17.9 Å². The van der Waals surface area contributed by atoms with Crippen molar-refractivity contribution < 1.29 is 19.4 Å². The molecule has 21 heavy (non-hydrogen) atoms. The summed E-state index contributed by atoms with van der Waals surface area (Å²) in [7, 11) is 1.63. The molecular weight excluding hydrogens is 272 g/mol. The number of carbonyl (C=O) groups excluding carboxylic acids is 1. The van der Waals surface area contributed by atoms with Crippen LogP contribution in [0.5, 0.6) is 0 Å². The van der Waals surface area contributed by atoms with Crippen molar-refractivity contribution in [2.45, 2.75) is 44.7 Å². The molecule has 0 aromatic heterocycles. The SMILES string of the molecule is COCCCNC(=O)C(C)N1CC2CCCC2C1C(=O)O. The summed E-state index contributed by atoms with van der Waals surface area (Å²) in [5.74, 6) is -0.221. The molecule has 1 aliphatic carbocycles. The fraction of sp³-hybridized carbons (Fsp3) is 0.867. The van der Waals surface area contributed by atoms with Crippen LogP contribution in [-0.2, 0) is 14.3 Å². The molecule has 4 atom stereocenters. The van der Waals surface area contributed by atoms with Crippen LogP contribution in [0.15, 0.2) is 0 Å². The average Bonchev–Trinajstić information content (AvgIpc) is 3.02. The van der Waals surface area contributed by atoms with Gasteiger partial charge in [-0.1, -0.05) is 6.42 Å². The second-order valence-corrected chi connectivity index (χ2v) is 6.15. The van der Waals surface area contributed by atoms with Crippen LogP contribution >= 0.6 is 0 Å². The Morgan fingerprint density at radius 2 is 2.19 bits per heavy atom. The third-order valence-electron chi connectivity index (χ3n) is 4.88. The van der Waals surface area contributed by atoms with Crippen molar-refractivity contribution in [3.05, 3.63) is 0 Å². The Balaban J connectivity index is 1.92. The maximum Gasteiger partial charge on any atom is 0.321 e. The van der Waals surface area contributed by atoms with Gasteiger partial charge in [-0.2, -0.15) is 0 Å². The summed E-state index contributed by atoms with van der Waals surface area (Å²) in [5, 5.41) is 12.4. The molecule has 120 valence electrons. The zero-order valence-corrected chi connectivity index (χ0v) is 12.9. The number of hydrogen-bond donors (Lipinski definition) is 2. The van der Waals surface area contributed by atoms with Gasteiger partial charge < -0.3 is 15.2 Å². The van der Waals surface area contributed by atoms with E-state index in [9.17, 15) is 14.7 Å². The van der Waals surface area contributed by atoms with Crippen LogP contribution < -0.4 is 5.32 Å². The van der Waals surface area contributed by atoms with Crippen molar-refractivity contribution in [2.24, 2.45) is 11.8 Å². The number of carbonyl (C=O) groups is 2. The molecular formula is C15H26N2O4. The molecule has 0 aromatic rings.